The van der Waals surface area contributed by atoms with E-state index in [0.717, 1.165) is 39.9 Å². The minimum absolute atomic E-state index is 0.0439. The summed E-state index contributed by atoms with van der Waals surface area (Å²) in [4.78, 5) is 16.5. The van der Waals surface area contributed by atoms with Gasteiger partial charge in [0.1, 0.15) is 13.2 Å². The summed E-state index contributed by atoms with van der Waals surface area (Å²) in [5.74, 6) is 1.46. The maximum Gasteiger partial charge on any atom is 0.226 e. The van der Waals surface area contributed by atoms with Crippen LogP contribution in [0.4, 0.5) is 11.4 Å². The molecule has 0 spiro atoms. The van der Waals surface area contributed by atoms with E-state index in [2.05, 4.69) is 26.8 Å². The maximum atomic E-state index is 13.0. The van der Waals surface area contributed by atoms with E-state index < -0.39 is 0 Å². The van der Waals surface area contributed by atoms with Crippen LogP contribution in [0.2, 0.25) is 0 Å². The predicted molar refractivity (Wildman–Crippen MR) is 139 cm³/mol. The Morgan fingerprint density at radius 2 is 1.86 bits per heavy atom. The third-order valence-corrected chi connectivity index (χ3v) is 6.84. The van der Waals surface area contributed by atoms with E-state index in [9.17, 15) is 4.79 Å². The number of hydrogen-bond donors (Lipinski definition) is 1. The van der Waals surface area contributed by atoms with Crippen molar-refractivity contribution in [3.05, 3.63) is 82.3 Å². The van der Waals surface area contributed by atoms with Crippen molar-refractivity contribution in [2.75, 3.05) is 30.0 Å². The average molecular weight is 489 g/mol. The Morgan fingerprint density at radius 3 is 2.63 bits per heavy atom. The average Bonchev–Trinajstić information content (AvgIpc) is 3.50. The molecule has 0 radical (unpaired) electrons. The molecule has 2 aromatic carbocycles. The molecule has 180 valence electrons. The van der Waals surface area contributed by atoms with Crippen molar-refractivity contribution in [1.29, 1.82) is 0 Å². The van der Waals surface area contributed by atoms with Gasteiger partial charge in [-0.2, -0.15) is 5.10 Å². The summed E-state index contributed by atoms with van der Waals surface area (Å²) in [6, 6.07) is 20.0. The number of hydrogen-bond acceptors (Lipinski definition) is 6. The molecule has 7 nitrogen and oxygen atoms in total. The molecule has 8 heteroatoms. The zero-order valence-electron chi connectivity index (χ0n) is 19.9. The molecule has 5 rings (SSSR count). The summed E-state index contributed by atoms with van der Waals surface area (Å²) in [6.45, 7) is 6.27. The molecular formula is C27H28N4O3S. The van der Waals surface area contributed by atoms with Crippen LogP contribution in [-0.4, -0.2) is 35.4 Å². The number of thiophene rings is 1. The molecule has 3 heterocycles. The number of fused-ring (bicyclic) bond motifs is 1. The van der Waals surface area contributed by atoms with Gasteiger partial charge < -0.3 is 19.7 Å². The molecule has 2 aromatic heterocycles. The Bertz CT molecular complexity index is 1300. The molecule has 0 aliphatic carbocycles. The number of ether oxygens (including phenoxy) is 2. The first-order chi connectivity index (χ1) is 17.1. The molecule has 0 bridgehead atoms. The summed E-state index contributed by atoms with van der Waals surface area (Å²) in [5.41, 5.74) is 4.43. The van der Waals surface area contributed by atoms with E-state index in [-0.39, 0.29) is 5.91 Å². The Labute approximate surface area is 208 Å². The van der Waals surface area contributed by atoms with Crippen LogP contribution in [0.1, 0.15) is 22.7 Å². The monoisotopic (exact) mass is 488 g/mol. The summed E-state index contributed by atoms with van der Waals surface area (Å²) >= 11 is 1.71. The number of carbonyl (C=O) groups is 1. The standard InChI is InChI=1S/C27H28N4O3S/c1-19-27(20(2)31(29-19)21-7-4-3-5-8-21)28-26(32)12-13-30(18-23-9-6-16-35-23)22-10-11-24-25(17-22)34-15-14-33-24/h3-11,16-17H,12-15,18H2,1-2H3,(H,28,32). The highest BCUT2D eigenvalue weighted by Gasteiger charge is 2.18. The van der Waals surface area contributed by atoms with Gasteiger partial charge in [-0.1, -0.05) is 24.3 Å². The first-order valence-corrected chi connectivity index (χ1v) is 12.5. The van der Waals surface area contributed by atoms with Crippen molar-refractivity contribution in [3.63, 3.8) is 0 Å². The molecule has 0 atom stereocenters. The van der Waals surface area contributed by atoms with Crippen molar-refractivity contribution >= 4 is 28.6 Å². The van der Waals surface area contributed by atoms with Gasteiger partial charge in [-0.05, 0) is 49.6 Å². The second kappa shape index (κ2) is 10.2. The highest BCUT2D eigenvalue weighted by Crippen LogP contribution is 2.35. The fraction of sp³-hybridized carbons (Fsp3) is 0.259. The second-order valence-corrected chi connectivity index (χ2v) is 9.45. The largest absolute Gasteiger partial charge is 0.486 e. The van der Waals surface area contributed by atoms with Gasteiger partial charge in [0.2, 0.25) is 5.91 Å². The zero-order chi connectivity index (χ0) is 24.2. The summed E-state index contributed by atoms with van der Waals surface area (Å²) in [6.07, 6.45) is 0.342. The van der Waals surface area contributed by atoms with Crippen molar-refractivity contribution in [3.8, 4) is 17.2 Å². The van der Waals surface area contributed by atoms with Crippen LogP contribution in [-0.2, 0) is 11.3 Å². The Kier molecular flexibility index (Phi) is 6.72. The third-order valence-electron chi connectivity index (χ3n) is 5.98. The molecule has 0 fully saturated rings. The Hall–Kier alpha value is -3.78. The normalized spacial score (nSPS) is 12.4. The minimum atomic E-state index is -0.0439. The summed E-state index contributed by atoms with van der Waals surface area (Å²) in [7, 11) is 0. The lowest BCUT2D eigenvalue weighted by atomic mass is 10.2. The molecule has 0 saturated carbocycles. The van der Waals surface area contributed by atoms with Crippen molar-refractivity contribution in [2.24, 2.45) is 0 Å². The predicted octanol–water partition coefficient (Wildman–Crippen LogP) is 5.36. The lowest BCUT2D eigenvalue weighted by molar-refractivity contribution is -0.116. The van der Waals surface area contributed by atoms with Crippen LogP contribution in [0, 0.1) is 13.8 Å². The number of nitrogens with zero attached hydrogens (tertiary/aromatic N) is 3. The lowest BCUT2D eigenvalue weighted by Gasteiger charge is -2.26. The summed E-state index contributed by atoms with van der Waals surface area (Å²) < 4.78 is 13.3. The number of anilines is 2. The molecular weight excluding hydrogens is 460 g/mol. The first-order valence-electron chi connectivity index (χ1n) is 11.7. The minimum Gasteiger partial charge on any atom is -0.486 e. The number of nitrogens with one attached hydrogen (secondary N) is 1. The van der Waals surface area contributed by atoms with E-state index in [0.29, 0.717) is 32.7 Å². The number of benzene rings is 2. The topological polar surface area (TPSA) is 68.6 Å². The van der Waals surface area contributed by atoms with E-state index in [1.54, 1.807) is 11.3 Å². The molecule has 4 aromatic rings. The van der Waals surface area contributed by atoms with Crippen LogP contribution >= 0.6 is 11.3 Å². The molecule has 0 unspecified atom stereocenters. The molecule has 35 heavy (non-hydrogen) atoms. The van der Waals surface area contributed by atoms with E-state index in [4.69, 9.17) is 9.47 Å². The summed E-state index contributed by atoms with van der Waals surface area (Å²) in [5, 5.41) is 9.80. The number of amides is 1. The lowest BCUT2D eigenvalue weighted by Crippen LogP contribution is -2.27. The molecule has 0 saturated heterocycles. The van der Waals surface area contributed by atoms with Crippen LogP contribution in [0.3, 0.4) is 0 Å². The van der Waals surface area contributed by atoms with E-state index >= 15 is 0 Å². The van der Waals surface area contributed by atoms with Gasteiger partial charge in [-0.3, -0.25) is 4.79 Å². The van der Waals surface area contributed by atoms with Crippen molar-refractivity contribution in [2.45, 2.75) is 26.8 Å². The van der Waals surface area contributed by atoms with Gasteiger partial charge in [0.05, 0.1) is 29.3 Å². The maximum absolute atomic E-state index is 13.0. The van der Waals surface area contributed by atoms with Crippen LogP contribution in [0.15, 0.2) is 66.0 Å². The van der Waals surface area contributed by atoms with Crippen molar-refractivity contribution in [1.82, 2.24) is 9.78 Å². The SMILES string of the molecule is Cc1nn(-c2ccccc2)c(C)c1NC(=O)CCN(Cc1cccs1)c1ccc2c(c1)OCCO2. The smallest absolute Gasteiger partial charge is 0.226 e. The third kappa shape index (κ3) is 5.17. The van der Waals surface area contributed by atoms with Gasteiger partial charge in [0.15, 0.2) is 11.5 Å². The van der Waals surface area contributed by atoms with Crippen molar-refractivity contribution < 1.29 is 14.3 Å². The second-order valence-electron chi connectivity index (χ2n) is 8.42. The van der Waals surface area contributed by atoms with Gasteiger partial charge in [0, 0.05) is 29.6 Å². The molecule has 1 aliphatic heterocycles. The van der Waals surface area contributed by atoms with Gasteiger partial charge in [-0.25, -0.2) is 4.68 Å². The number of aromatic nitrogens is 2. The fourth-order valence-corrected chi connectivity index (χ4v) is 4.92. The Morgan fingerprint density at radius 1 is 1.06 bits per heavy atom. The molecule has 1 amide bonds. The van der Waals surface area contributed by atoms with Crippen LogP contribution in [0.5, 0.6) is 11.5 Å². The van der Waals surface area contributed by atoms with E-state index in [1.165, 1.54) is 4.88 Å². The van der Waals surface area contributed by atoms with Gasteiger partial charge >= 0.3 is 0 Å². The number of para-hydroxylation sites is 1. The van der Waals surface area contributed by atoms with Crippen LogP contribution in [0.25, 0.3) is 5.69 Å². The Balaban J connectivity index is 1.30. The van der Waals surface area contributed by atoms with E-state index in [1.807, 2.05) is 73.1 Å². The highest BCUT2D eigenvalue weighted by molar-refractivity contribution is 7.09. The quantitative estimate of drug-likeness (QED) is 0.362. The van der Waals surface area contributed by atoms with Crippen LogP contribution < -0.4 is 19.7 Å². The zero-order valence-corrected chi connectivity index (χ0v) is 20.7. The molecule has 1 N–H and O–H groups in total. The van der Waals surface area contributed by atoms with Gasteiger partial charge in [-0.15, -0.1) is 11.3 Å². The number of carbonyl (C=O) groups excluding carboxylic acids is 1. The number of aryl methyl sites for hydroxylation is 1. The molecule has 1 aliphatic rings. The van der Waals surface area contributed by atoms with Gasteiger partial charge in [0.25, 0.3) is 0 Å². The first kappa shape index (κ1) is 23.0. The highest BCUT2D eigenvalue weighted by atomic mass is 32.1. The fourth-order valence-electron chi connectivity index (χ4n) is 4.20. The number of rotatable bonds is 8.